The van der Waals surface area contributed by atoms with Crippen LogP contribution in [0.4, 0.5) is 0 Å². The number of esters is 1. The smallest absolute Gasteiger partial charge is 0.323 e. The zero-order chi connectivity index (χ0) is 14.7. The van der Waals surface area contributed by atoms with Gasteiger partial charge in [0.25, 0.3) is 0 Å². The molecule has 1 fully saturated rings. The van der Waals surface area contributed by atoms with Gasteiger partial charge in [-0.3, -0.25) is 9.69 Å². The third-order valence-corrected chi connectivity index (χ3v) is 3.96. The largest absolute Gasteiger partial charge is 0.468 e. The lowest BCUT2D eigenvalue weighted by Crippen LogP contribution is -2.36. The Balaban J connectivity index is 1.69. The number of hydrogen-bond donors (Lipinski definition) is 0. The van der Waals surface area contributed by atoms with Crippen LogP contribution in [-0.4, -0.2) is 40.1 Å². The van der Waals surface area contributed by atoms with Crippen LogP contribution >= 0.6 is 0 Å². The highest BCUT2D eigenvalue weighted by atomic mass is 16.5. The predicted molar refractivity (Wildman–Crippen MR) is 79.0 cm³/mol. The van der Waals surface area contributed by atoms with Crippen molar-refractivity contribution in [3.8, 4) is 5.69 Å². The number of carbonyl (C=O) groups is 1. The number of ether oxygens (including phenoxy) is 1. The van der Waals surface area contributed by atoms with E-state index in [0.29, 0.717) is 0 Å². The van der Waals surface area contributed by atoms with Gasteiger partial charge in [0.1, 0.15) is 6.04 Å². The van der Waals surface area contributed by atoms with Crippen molar-refractivity contribution < 1.29 is 9.53 Å². The van der Waals surface area contributed by atoms with Crippen molar-refractivity contribution in [2.75, 3.05) is 13.7 Å². The fourth-order valence-electron chi connectivity index (χ4n) is 2.84. The van der Waals surface area contributed by atoms with E-state index in [0.717, 1.165) is 31.6 Å². The van der Waals surface area contributed by atoms with Crippen molar-refractivity contribution in [1.82, 2.24) is 14.5 Å². The fraction of sp³-hybridized carbons (Fsp3) is 0.375. The first-order valence-electron chi connectivity index (χ1n) is 7.17. The maximum atomic E-state index is 11.8. The molecule has 2 heterocycles. The molecule has 5 nitrogen and oxygen atoms in total. The molecule has 1 aliphatic heterocycles. The second-order valence-corrected chi connectivity index (χ2v) is 5.29. The minimum Gasteiger partial charge on any atom is -0.468 e. The Morgan fingerprint density at radius 1 is 1.38 bits per heavy atom. The van der Waals surface area contributed by atoms with Gasteiger partial charge in [-0.05, 0) is 37.1 Å². The summed E-state index contributed by atoms with van der Waals surface area (Å²) in [5.74, 6) is -0.123. The maximum Gasteiger partial charge on any atom is 0.323 e. The Kier molecular flexibility index (Phi) is 4.01. The summed E-state index contributed by atoms with van der Waals surface area (Å²) in [4.78, 5) is 18.0. The summed E-state index contributed by atoms with van der Waals surface area (Å²) in [6.45, 7) is 1.73. The summed E-state index contributed by atoms with van der Waals surface area (Å²) in [5.41, 5.74) is 2.29. The number of nitrogens with zero attached hydrogens (tertiary/aromatic N) is 3. The Morgan fingerprint density at radius 3 is 2.86 bits per heavy atom. The van der Waals surface area contributed by atoms with Crippen LogP contribution in [0, 0.1) is 0 Å². The molecule has 5 heteroatoms. The van der Waals surface area contributed by atoms with Gasteiger partial charge in [-0.15, -0.1) is 0 Å². The van der Waals surface area contributed by atoms with Gasteiger partial charge in [0.05, 0.1) is 13.4 Å². The topological polar surface area (TPSA) is 47.4 Å². The molecule has 0 amide bonds. The average Bonchev–Trinajstić information content (AvgIpc) is 3.18. The molecule has 0 radical (unpaired) electrons. The number of benzene rings is 1. The highest BCUT2D eigenvalue weighted by Crippen LogP contribution is 2.21. The average molecular weight is 285 g/mol. The van der Waals surface area contributed by atoms with Crippen LogP contribution in [0.2, 0.25) is 0 Å². The number of likely N-dealkylation sites (tertiary alicyclic amines) is 1. The molecule has 0 N–H and O–H groups in total. The molecule has 1 aliphatic rings. The summed E-state index contributed by atoms with van der Waals surface area (Å²) >= 11 is 0. The van der Waals surface area contributed by atoms with Crippen LogP contribution in [0.25, 0.3) is 5.69 Å². The van der Waals surface area contributed by atoms with E-state index in [9.17, 15) is 4.79 Å². The molecule has 2 aromatic rings. The molecule has 21 heavy (non-hydrogen) atoms. The van der Waals surface area contributed by atoms with Crippen molar-refractivity contribution in [3.05, 3.63) is 48.5 Å². The normalized spacial score (nSPS) is 18.8. The van der Waals surface area contributed by atoms with Gasteiger partial charge in [-0.1, -0.05) is 12.1 Å². The molecule has 1 saturated heterocycles. The van der Waals surface area contributed by atoms with Crippen LogP contribution in [-0.2, 0) is 16.1 Å². The molecule has 0 saturated carbocycles. The van der Waals surface area contributed by atoms with Crippen molar-refractivity contribution in [2.24, 2.45) is 0 Å². The summed E-state index contributed by atoms with van der Waals surface area (Å²) in [6.07, 6.45) is 7.40. The lowest BCUT2D eigenvalue weighted by molar-refractivity contribution is -0.146. The highest BCUT2D eigenvalue weighted by molar-refractivity contribution is 5.75. The van der Waals surface area contributed by atoms with E-state index < -0.39 is 0 Å². The Bertz CT molecular complexity index is 592. The number of carbonyl (C=O) groups excluding carboxylic acids is 1. The lowest BCUT2D eigenvalue weighted by atomic mass is 10.1. The van der Waals surface area contributed by atoms with Gasteiger partial charge in [-0.2, -0.15) is 0 Å². The SMILES string of the molecule is COC(=O)C1CCCN1Cc1ccc(-n2ccnc2)cc1. The fourth-order valence-corrected chi connectivity index (χ4v) is 2.84. The minimum absolute atomic E-state index is 0.0941. The van der Waals surface area contributed by atoms with E-state index in [1.807, 2.05) is 10.8 Å². The molecule has 0 aliphatic carbocycles. The first-order chi connectivity index (χ1) is 10.3. The quantitative estimate of drug-likeness (QED) is 0.806. The minimum atomic E-state index is -0.123. The van der Waals surface area contributed by atoms with Crippen LogP contribution in [0.15, 0.2) is 43.0 Å². The number of rotatable bonds is 4. The zero-order valence-electron chi connectivity index (χ0n) is 12.1. The molecule has 1 unspecified atom stereocenters. The lowest BCUT2D eigenvalue weighted by Gasteiger charge is -2.22. The van der Waals surface area contributed by atoms with Gasteiger partial charge in [-0.25, -0.2) is 4.98 Å². The van der Waals surface area contributed by atoms with Crippen LogP contribution < -0.4 is 0 Å². The van der Waals surface area contributed by atoms with Crippen molar-refractivity contribution in [2.45, 2.75) is 25.4 Å². The Hall–Kier alpha value is -2.14. The molecule has 1 atom stereocenters. The van der Waals surface area contributed by atoms with Crippen LogP contribution in [0.5, 0.6) is 0 Å². The van der Waals surface area contributed by atoms with Crippen molar-refractivity contribution in [3.63, 3.8) is 0 Å². The van der Waals surface area contributed by atoms with Crippen molar-refractivity contribution >= 4 is 5.97 Å². The van der Waals surface area contributed by atoms with Crippen LogP contribution in [0.3, 0.4) is 0 Å². The monoisotopic (exact) mass is 285 g/mol. The van der Waals surface area contributed by atoms with E-state index in [4.69, 9.17) is 4.74 Å². The predicted octanol–water partition coefficient (Wildman–Crippen LogP) is 2.01. The number of methoxy groups -OCH3 is 1. The zero-order valence-corrected chi connectivity index (χ0v) is 12.1. The third-order valence-electron chi connectivity index (χ3n) is 3.96. The summed E-state index contributed by atoms with van der Waals surface area (Å²) in [6, 6.07) is 8.24. The van der Waals surface area contributed by atoms with Crippen molar-refractivity contribution in [1.29, 1.82) is 0 Å². The first-order valence-corrected chi connectivity index (χ1v) is 7.17. The van der Waals surface area contributed by atoms with Gasteiger partial charge < -0.3 is 9.30 Å². The second kappa shape index (κ2) is 6.10. The Morgan fingerprint density at radius 2 is 2.19 bits per heavy atom. The van der Waals surface area contributed by atoms with Gasteiger partial charge in [0.15, 0.2) is 0 Å². The molecular weight excluding hydrogens is 266 g/mol. The highest BCUT2D eigenvalue weighted by Gasteiger charge is 2.31. The standard InChI is InChI=1S/C16H19N3O2/c1-21-16(20)15-3-2-9-18(15)11-13-4-6-14(7-5-13)19-10-8-17-12-19/h4-8,10,12,15H,2-3,9,11H2,1H3. The summed E-state index contributed by atoms with van der Waals surface area (Å²) < 4.78 is 6.85. The van der Waals surface area contributed by atoms with E-state index in [2.05, 4.69) is 34.1 Å². The molecule has 110 valence electrons. The van der Waals surface area contributed by atoms with E-state index in [1.54, 1.807) is 12.5 Å². The van der Waals surface area contributed by atoms with E-state index >= 15 is 0 Å². The molecule has 3 rings (SSSR count). The number of hydrogen-bond acceptors (Lipinski definition) is 4. The first kappa shape index (κ1) is 13.8. The van der Waals surface area contributed by atoms with Gasteiger partial charge >= 0.3 is 5.97 Å². The molecular formula is C16H19N3O2. The molecule has 0 spiro atoms. The molecule has 1 aromatic heterocycles. The maximum absolute atomic E-state index is 11.8. The van der Waals surface area contributed by atoms with Crippen LogP contribution in [0.1, 0.15) is 18.4 Å². The summed E-state index contributed by atoms with van der Waals surface area (Å²) in [7, 11) is 1.46. The van der Waals surface area contributed by atoms with Gasteiger partial charge in [0.2, 0.25) is 0 Å². The van der Waals surface area contributed by atoms with E-state index in [1.165, 1.54) is 12.7 Å². The third kappa shape index (κ3) is 2.97. The number of aromatic nitrogens is 2. The number of imidazole rings is 1. The molecule has 0 bridgehead atoms. The Labute approximate surface area is 124 Å². The second-order valence-electron chi connectivity index (χ2n) is 5.29. The summed E-state index contributed by atoms with van der Waals surface area (Å²) in [5, 5.41) is 0. The molecule has 1 aromatic carbocycles. The van der Waals surface area contributed by atoms with Gasteiger partial charge in [0, 0.05) is 24.6 Å². The van der Waals surface area contributed by atoms with E-state index in [-0.39, 0.29) is 12.0 Å².